The van der Waals surface area contributed by atoms with Crippen LogP contribution in [0.5, 0.6) is 0 Å². The molecule has 0 aliphatic carbocycles. The van der Waals surface area contributed by atoms with E-state index in [0.29, 0.717) is 0 Å². The van der Waals surface area contributed by atoms with Crippen molar-refractivity contribution in [2.24, 2.45) is 0 Å². The third-order valence-corrected chi connectivity index (χ3v) is 2.37. The zero-order valence-electron chi connectivity index (χ0n) is 10.3. The lowest BCUT2D eigenvalue weighted by atomic mass is 10.1. The highest BCUT2D eigenvalue weighted by Crippen LogP contribution is 2.12. The van der Waals surface area contributed by atoms with E-state index in [1.807, 2.05) is 31.2 Å². The first-order chi connectivity index (χ1) is 8.02. The number of ether oxygens (including phenoxy) is 1. The summed E-state index contributed by atoms with van der Waals surface area (Å²) in [4.78, 5) is 22.6. The summed E-state index contributed by atoms with van der Waals surface area (Å²) in [5.41, 5.74) is 1.93. The van der Waals surface area contributed by atoms with Gasteiger partial charge in [-0.05, 0) is 26.0 Å². The second-order valence-electron chi connectivity index (χ2n) is 3.99. The molecule has 0 radical (unpaired) electrons. The van der Waals surface area contributed by atoms with Crippen LogP contribution in [-0.4, -0.2) is 24.9 Å². The fraction of sp³-hybridized carbons (Fsp3) is 0.385. The van der Waals surface area contributed by atoms with Crippen LogP contribution in [0.4, 0.5) is 5.69 Å². The first kappa shape index (κ1) is 13.2. The van der Waals surface area contributed by atoms with E-state index < -0.39 is 12.0 Å². The fourth-order valence-corrected chi connectivity index (χ4v) is 1.47. The van der Waals surface area contributed by atoms with Crippen LogP contribution in [-0.2, 0) is 14.3 Å². The molecular weight excluding hydrogens is 218 g/mol. The van der Waals surface area contributed by atoms with Crippen LogP contribution >= 0.6 is 0 Å². The number of rotatable bonds is 5. The third kappa shape index (κ3) is 4.26. The van der Waals surface area contributed by atoms with Gasteiger partial charge in [0.2, 0.25) is 0 Å². The Morgan fingerprint density at radius 2 is 1.88 bits per heavy atom. The molecule has 0 aliphatic rings. The van der Waals surface area contributed by atoms with Crippen LogP contribution in [0.15, 0.2) is 24.3 Å². The van der Waals surface area contributed by atoms with Gasteiger partial charge in [0.05, 0.1) is 7.11 Å². The van der Waals surface area contributed by atoms with Crippen molar-refractivity contribution in [1.82, 2.24) is 0 Å². The molecule has 1 unspecified atom stereocenters. The second-order valence-corrected chi connectivity index (χ2v) is 3.99. The Balaban J connectivity index is 2.75. The lowest BCUT2D eigenvalue weighted by Crippen LogP contribution is -2.32. The summed E-state index contributed by atoms with van der Waals surface area (Å²) in [6.07, 6.45) is 0.126. The predicted octanol–water partition coefficient (Wildman–Crippen LogP) is 1.93. The summed E-state index contributed by atoms with van der Waals surface area (Å²) in [5.74, 6) is -0.485. The summed E-state index contributed by atoms with van der Waals surface area (Å²) in [6, 6.07) is 6.98. The van der Waals surface area contributed by atoms with Gasteiger partial charge < -0.3 is 10.1 Å². The molecule has 4 nitrogen and oxygen atoms in total. The molecule has 0 fully saturated rings. The number of nitrogens with one attached hydrogen (secondary N) is 1. The lowest BCUT2D eigenvalue weighted by Gasteiger charge is -2.16. The number of benzene rings is 1. The normalized spacial score (nSPS) is 11.7. The highest BCUT2D eigenvalue weighted by molar-refractivity contribution is 5.87. The number of esters is 1. The van der Waals surface area contributed by atoms with E-state index in [-0.39, 0.29) is 12.2 Å². The smallest absolute Gasteiger partial charge is 0.328 e. The van der Waals surface area contributed by atoms with Crippen molar-refractivity contribution >= 4 is 17.4 Å². The molecular formula is C13H17NO3. The number of carbonyl (C=O) groups excluding carboxylic acids is 2. The minimum absolute atomic E-state index is 0.0555. The molecule has 92 valence electrons. The number of methoxy groups -OCH3 is 1. The maximum Gasteiger partial charge on any atom is 0.328 e. The quantitative estimate of drug-likeness (QED) is 0.792. The van der Waals surface area contributed by atoms with Crippen molar-refractivity contribution in [3.8, 4) is 0 Å². The van der Waals surface area contributed by atoms with Crippen molar-refractivity contribution < 1.29 is 14.3 Å². The first-order valence-corrected chi connectivity index (χ1v) is 5.43. The van der Waals surface area contributed by atoms with Gasteiger partial charge in [0.15, 0.2) is 0 Å². The van der Waals surface area contributed by atoms with Crippen LogP contribution < -0.4 is 5.32 Å². The molecule has 1 N–H and O–H groups in total. The Hall–Kier alpha value is -1.84. The average Bonchev–Trinajstić information content (AvgIpc) is 2.29. The SMILES string of the molecule is COC(=O)C(CC(C)=O)Nc1ccc(C)cc1. The Morgan fingerprint density at radius 3 is 2.35 bits per heavy atom. The maximum absolute atomic E-state index is 11.5. The Bertz CT molecular complexity index is 398. The Kier molecular flexibility index (Phi) is 4.69. The van der Waals surface area contributed by atoms with Gasteiger partial charge in [0, 0.05) is 12.1 Å². The molecule has 0 spiro atoms. The molecule has 0 amide bonds. The molecule has 1 aromatic rings. The van der Waals surface area contributed by atoms with E-state index in [1.165, 1.54) is 14.0 Å². The highest BCUT2D eigenvalue weighted by Gasteiger charge is 2.20. The summed E-state index contributed by atoms with van der Waals surface area (Å²) < 4.78 is 4.66. The molecule has 0 saturated carbocycles. The second kappa shape index (κ2) is 6.03. The van der Waals surface area contributed by atoms with Gasteiger partial charge in [-0.2, -0.15) is 0 Å². The molecule has 0 aliphatic heterocycles. The number of carbonyl (C=O) groups is 2. The summed E-state index contributed by atoms with van der Waals surface area (Å²) in [7, 11) is 1.31. The number of hydrogen-bond donors (Lipinski definition) is 1. The number of Topliss-reactive ketones (excluding diaryl/α,β-unsaturated/α-hetero) is 1. The largest absolute Gasteiger partial charge is 0.467 e. The van der Waals surface area contributed by atoms with E-state index in [0.717, 1.165) is 11.3 Å². The standard InChI is InChI=1S/C13H17NO3/c1-9-4-6-11(7-5-9)14-12(8-10(2)15)13(16)17-3/h4-7,12,14H,8H2,1-3H3. The number of anilines is 1. The van der Waals surface area contributed by atoms with Crippen LogP contribution in [0.25, 0.3) is 0 Å². The minimum Gasteiger partial charge on any atom is -0.467 e. The Labute approximate surface area is 101 Å². The van der Waals surface area contributed by atoms with Gasteiger partial charge >= 0.3 is 5.97 Å². The van der Waals surface area contributed by atoms with E-state index in [4.69, 9.17) is 0 Å². The van der Waals surface area contributed by atoms with Gasteiger partial charge in [-0.15, -0.1) is 0 Å². The molecule has 0 saturated heterocycles. The highest BCUT2D eigenvalue weighted by atomic mass is 16.5. The van der Waals surface area contributed by atoms with Crippen LogP contribution in [0, 0.1) is 6.92 Å². The summed E-state index contributed by atoms with van der Waals surface area (Å²) in [5, 5.41) is 2.99. The molecule has 0 aromatic heterocycles. The zero-order chi connectivity index (χ0) is 12.8. The van der Waals surface area contributed by atoms with Crippen molar-refractivity contribution in [1.29, 1.82) is 0 Å². The van der Waals surface area contributed by atoms with Gasteiger partial charge in [0.1, 0.15) is 11.8 Å². The van der Waals surface area contributed by atoms with Crippen molar-refractivity contribution in [3.05, 3.63) is 29.8 Å². The van der Waals surface area contributed by atoms with Crippen LogP contribution in [0.2, 0.25) is 0 Å². The predicted molar refractivity (Wildman–Crippen MR) is 65.9 cm³/mol. The van der Waals surface area contributed by atoms with E-state index in [9.17, 15) is 9.59 Å². The molecule has 4 heteroatoms. The molecule has 1 aromatic carbocycles. The average molecular weight is 235 g/mol. The van der Waals surface area contributed by atoms with E-state index >= 15 is 0 Å². The molecule has 17 heavy (non-hydrogen) atoms. The molecule has 1 atom stereocenters. The van der Waals surface area contributed by atoms with E-state index in [1.54, 1.807) is 0 Å². The molecule has 0 bridgehead atoms. The number of hydrogen-bond acceptors (Lipinski definition) is 4. The topological polar surface area (TPSA) is 55.4 Å². The zero-order valence-corrected chi connectivity index (χ0v) is 10.3. The van der Waals surface area contributed by atoms with Gasteiger partial charge in [-0.25, -0.2) is 4.79 Å². The van der Waals surface area contributed by atoms with E-state index in [2.05, 4.69) is 10.1 Å². The fourth-order valence-electron chi connectivity index (χ4n) is 1.47. The third-order valence-electron chi connectivity index (χ3n) is 2.37. The minimum atomic E-state index is -0.625. The van der Waals surface area contributed by atoms with Gasteiger partial charge in [-0.1, -0.05) is 17.7 Å². The summed E-state index contributed by atoms with van der Waals surface area (Å²) >= 11 is 0. The lowest BCUT2D eigenvalue weighted by molar-refractivity contribution is -0.142. The van der Waals surface area contributed by atoms with Crippen molar-refractivity contribution in [2.45, 2.75) is 26.3 Å². The molecule has 0 heterocycles. The van der Waals surface area contributed by atoms with Crippen LogP contribution in [0.3, 0.4) is 0 Å². The van der Waals surface area contributed by atoms with Crippen LogP contribution in [0.1, 0.15) is 18.9 Å². The first-order valence-electron chi connectivity index (χ1n) is 5.43. The Morgan fingerprint density at radius 1 is 1.29 bits per heavy atom. The van der Waals surface area contributed by atoms with Gasteiger partial charge in [0.25, 0.3) is 0 Å². The van der Waals surface area contributed by atoms with Crippen molar-refractivity contribution in [3.63, 3.8) is 0 Å². The van der Waals surface area contributed by atoms with Crippen molar-refractivity contribution in [2.75, 3.05) is 12.4 Å². The number of aryl methyl sites for hydroxylation is 1. The summed E-state index contributed by atoms with van der Waals surface area (Å²) in [6.45, 7) is 3.43. The number of ketones is 1. The maximum atomic E-state index is 11.5. The van der Waals surface area contributed by atoms with Gasteiger partial charge in [-0.3, -0.25) is 4.79 Å². The monoisotopic (exact) mass is 235 g/mol. The molecule has 1 rings (SSSR count).